The van der Waals surface area contributed by atoms with Crippen LogP contribution in [0.3, 0.4) is 0 Å². The van der Waals surface area contributed by atoms with Gasteiger partial charge in [0.05, 0.1) is 25.8 Å². The van der Waals surface area contributed by atoms with Crippen LogP contribution in [0.25, 0.3) is 0 Å². The highest BCUT2D eigenvalue weighted by molar-refractivity contribution is 7.07. The summed E-state index contributed by atoms with van der Waals surface area (Å²) >= 11 is 1.71. The molecule has 1 heterocycles. The molecule has 4 nitrogen and oxygen atoms in total. The van der Waals surface area contributed by atoms with E-state index in [2.05, 4.69) is 22.3 Å². The van der Waals surface area contributed by atoms with Crippen molar-refractivity contribution in [3.63, 3.8) is 0 Å². The average molecular weight is 292 g/mol. The predicted octanol–water partition coefficient (Wildman–Crippen LogP) is 2.90. The smallest absolute Gasteiger partial charge is 0.127 e. The summed E-state index contributed by atoms with van der Waals surface area (Å²) in [5.41, 5.74) is 5.16. The first-order valence-corrected chi connectivity index (χ1v) is 7.42. The van der Waals surface area contributed by atoms with Crippen LogP contribution in [0.4, 0.5) is 0 Å². The molecule has 0 bridgehead atoms. The molecule has 0 aliphatic heterocycles. The van der Waals surface area contributed by atoms with Gasteiger partial charge in [-0.1, -0.05) is 6.07 Å². The van der Waals surface area contributed by atoms with E-state index < -0.39 is 0 Å². The zero-order valence-electron chi connectivity index (χ0n) is 11.8. The fraction of sp³-hybridized carbons (Fsp3) is 0.333. The standard InChI is InChI=1S/C15H20N2O2S/c1-18-13-4-3-5-14(19-2)15(13)12(17-16)7-6-11-8-9-20-10-11/h3-5,8-10,12,17H,6-7,16H2,1-2H3. The molecule has 0 spiro atoms. The first-order valence-electron chi connectivity index (χ1n) is 6.48. The molecule has 0 saturated heterocycles. The summed E-state index contributed by atoms with van der Waals surface area (Å²) < 4.78 is 10.9. The third-order valence-electron chi connectivity index (χ3n) is 3.32. The second-order valence-electron chi connectivity index (χ2n) is 4.47. The van der Waals surface area contributed by atoms with Crippen molar-refractivity contribution in [3.05, 3.63) is 46.2 Å². The summed E-state index contributed by atoms with van der Waals surface area (Å²) in [4.78, 5) is 0. The molecule has 2 rings (SSSR count). The van der Waals surface area contributed by atoms with Gasteiger partial charge in [0.2, 0.25) is 0 Å². The van der Waals surface area contributed by atoms with E-state index in [1.54, 1.807) is 25.6 Å². The minimum atomic E-state index is -0.0130. The van der Waals surface area contributed by atoms with Gasteiger partial charge in [-0.05, 0) is 47.4 Å². The molecule has 1 unspecified atom stereocenters. The second-order valence-corrected chi connectivity index (χ2v) is 5.25. The number of ether oxygens (including phenoxy) is 2. The van der Waals surface area contributed by atoms with Gasteiger partial charge in [-0.3, -0.25) is 11.3 Å². The maximum absolute atomic E-state index is 5.73. The van der Waals surface area contributed by atoms with E-state index in [-0.39, 0.29) is 6.04 Å². The van der Waals surface area contributed by atoms with Crippen molar-refractivity contribution in [2.45, 2.75) is 18.9 Å². The number of hydrogen-bond donors (Lipinski definition) is 2. The molecule has 2 aromatic rings. The van der Waals surface area contributed by atoms with E-state index in [0.29, 0.717) is 0 Å². The van der Waals surface area contributed by atoms with Crippen LogP contribution in [0.1, 0.15) is 23.6 Å². The number of rotatable bonds is 7. The van der Waals surface area contributed by atoms with E-state index in [9.17, 15) is 0 Å². The van der Waals surface area contributed by atoms with Gasteiger partial charge in [0.15, 0.2) is 0 Å². The number of benzene rings is 1. The lowest BCUT2D eigenvalue weighted by atomic mass is 9.98. The zero-order chi connectivity index (χ0) is 14.4. The van der Waals surface area contributed by atoms with Gasteiger partial charge < -0.3 is 9.47 Å². The molecule has 1 atom stereocenters. The lowest BCUT2D eigenvalue weighted by Gasteiger charge is -2.21. The largest absolute Gasteiger partial charge is 0.496 e. The van der Waals surface area contributed by atoms with Crippen LogP contribution in [0.2, 0.25) is 0 Å². The van der Waals surface area contributed by atoms with Crippen LogP contribution in [0.15, 0.2) is 35.0 Å². The Morgan fingerprint density at radius 3 is 2.40 bits per heavy atom. The van der Waals surface area contributed by atoms with Crippen molar-refractivity contribution in [1.29, 1.82) is 0 Å². The normalized spacial score (nSPS) is 12.2. The van der Waals surface area contributed by atoms with Gasteiger partial charge in [0.1, 0.15) is 11.5 Å². The minimum Gasteiger partial charge on any atom is -0.496 e. The van der Waals surface area contributed by atoms with Crippen LogP contribution >= 0.6 is 11.3 Å². The van der Waals surface area contributed by atoms with Crippen LogP contribution in [-0.4, -0.2) is 14.2 Å². The van der Waals surface area contributed by atoms with Crippen LogP contribution < -0.4 is 20.7 Å². The molecule has 0 fully saturated rings. The topological polar surface area (TPSA) is 56.5 Å². The lowest BCUT2D eigenvalue weighted by Crippen LogP contribution is -2.29. The highest BCUT2D eigenvalue weighted by Crippen LogP contribution is 2.35. The molecule has 0 radical (unpaired) electrons. The number of aryl methyl sites for hydroxylation is 1. The number of hydrogen-bond acceptors (Lipinski definition) is 5. The Morgan fingerprint density at radius 2 is 1.90 bits per heavy atom. The molecule has 1 aromatic carbocycles. The first kappa shape index (κ1) is 14.8. The fourth-order valence-electron chi connectivity index (χ4n) is 2.28. The van der Waals surface area contributed by atoms with Crippen molar-refractivity contribution in [2.75, 3.05) is 14.2 Å². The van der Waals surface area contributed by atoms with Crippen LogP contribution in [-0.2, 0) is 6.42 Å². The molecule has 0 amide bonds. The molecule has 20 heavy (non-hydrogen) atoms. The zero-order valence-corrected chi connectivity index (χ0v) is 12.6. The molecule has 0 aliphatic carbocycles. The van der Waals surface area contributed by atoms with Crippen molar-refractivity contribution in [2.24, 2.45) is 5.84 Å². The van der Waals surface area contributed by atoms with Crippen LogP contribution in [0.5, 0.6) is 11.5 Å². The number of nitrogens with one attached hydrogen (secondary N) is 1. The van der Waals surface area contributed by atoms with E-state index in [1.807, 2.05) is 18.2 Å². The number of hydrazine groups is 1. The van der Waals surface area contributed by atoms with Gasteiger partial charge in [-0.2, -0.15) is 11.3 Å². The van der Waals surface area contributed by atoms with E-state index in [0.717, 1.165) is 29.9 Å². The van der Waals surface area contributed by atoms with Crippen molar-refractivity contribution in [1.82, 2.24) is 5.43 Å². The van der Waals surface area contributed by atoms with Gasteiger partial charge in [-0.15, -0.1) is 0 Å². The Labute approximate surface area is 123 Å². The third kappa shape index (κ3) is 3.30. The quantitative estimate of drug-likeness (QED) is 0.608. The first-order chi connectivity index (χ1) is 9.80. The lowest BCUT2D eigenvalue weighted by molar-refractivity contribution is 0.367. The number of thiophene rings is 1. The summed E-state index contributed by atoms with van der Waals surface area (Å²) in [5.74, 6) is 7.31. The highest BCUT2D eigenvalue weighted by atomic mass is 32.1. The van der Waals surface area contributed by atoms with Crippen molar-refractivity contribution < 1.29 is 9.47 Å². The monoisotopic (exact) mass is 292 g/mol. The molecule has 5 heteroatoms. The number of nitrogens with two attached hydrogens (primary N) is 1. The predicted molar refractivity (Wildman–Crippen MR) is 82.3 cm³/mol. The second kappa shape index (κ2) is 7.28. The Morgan fingerprint density at radius 1 is 1.20 bits per heavy atom. The summed E-state index contributed by atoms with van der Waals surface area (Å²) in [5, 5.41) is 4.25. The maximum atomic E-state index is 5.73. The van der Waals surface area contributed by atoms with Gasteiger partial charge >= 0.3 is 0 Å². The Hall–Kier alpha value is -1.56. The van der Waals surface area contributed by atoms with E-state index in [4.69, 9.17) is 15.3 Å². The van der Waals surface area contributed by atoms with Crippen molar-refractivity contribution in [3.8, 4) is 11.5 Å². The minimum absolute atomic E-state index is 0.0130. The van der Waals surface area contributed by atoms with Crippen LogP contribution in [0, 0.1) is 0 Å². The van der Waals surface area contributed by atoms with Gasteiger partial charge in [-0.25, -0.2) is 0 Å². The molecule has 3 N–H and O–H groups in total. The highest BCUT2D eigenvalue weighted by Gasteiger charge is 2.19. The van der Waals surface area contributed by atoms with Gasteiger partial charge in [0, 0.05) is 0 Å². The Kier molecular flexibility index (Phi) is 5.40. The van der Waals surface area contributed by atoms with Crippen molar-refractivity contribution >= 4 is 11.3 Å². The molecule has 0 saturated carbocycles. The maximum Gasteiger partial charge on any atom is 0.127 e. The third-order valence-corrected chi connectivity index (χ3v) is 4.05. The Balaban J connectivity index is 2.21. The fourth-order valence-corrected chi connectivity index (χ4v) is 2.98. The van der Waals surface area contributed by atoms with E-state index >= 15 is 0 Å². The molecule has 0 aliphatic rings. The number of methoxy groups -OCH3 is 2. The molecule has 108 valence electrons. The van der Waals surface area contributed by atoms with E-state index in [1.165, 1.54) is 5.56 Å². The average Bonchev–Trinajstić information content (AvgIpc) is 3.01. The molecular weight excluding hydrogens is 272 g/mol. The molecule has 1 aromatic heterocycles. The SMILES string of the molecule is COc1cccc(OC)c1C(CCc1ccsc1)NN. The summed E-state index contributed by atoms with van der Waals surface area (Å²) in [6.07, 6.45) is 1.84. The Bertz CT molecular complexity index is 506. The summed E-state index contributed by atoms with van der Waals surface area (Å²) in [7, 11) is 3.31. The summed E-state index contributed by atoms with van der Waals surface area (Å²) in [6, 6.07) is 7.88. The van der Waals surface area contributed by atoms with Gasteiger partial charge in [0.25, 0.3) is 0 Å². The molecular formula is C15H20N2O2S. The summed E-state index contributed by atoms with van der Waals surface area (Å²) in [6.45, 7) is 0.